The van der Waals surface area contributed by atoms with Crippen LogP contribution < -0.4 is 9.62 Å². The largest absolute Gasteiger partial charge is 0.354 e. The van der Waals surface area contributed by atoms with E-state index in [0.717, 1.165) is 39.4 Å². The Bertz CT molecular complexity index is 1800. The van der Waals surface area contributed by atoms with E-state index in [1.54, 1.807) is 54.6 Å². The first-order valence-corrected chi connectivity index (χ1v) is 17.8. The molecule has 0 aliphatic carbocycles. The second-order valence-electron chi connectivity index (χ2n) is 11.7. The molecule has 4 aromatic carbocycles. The second-order valence-corrected chi connectivity index (χ2v) is 14.3. The van der Waals surface area contributed by atoms with Gasteiger partial charge in [0.05, 0.1) is 20.6 Å². The summed E-state index contributed by atoms with van der Waals surface area (Å²) in [5, 5.41) is 3.66. The minimum absolute atomic E-state index is 0.000358. The van der Waals surface area contributed by atoms with E-state index in [1.165, 1.54) is 4.90 Å². The Kier molecular flexibility index (Phi) is 12.5. The average Bonchev–Trinajstić information content (AvgIpc) is 3.05. The van der Waals surface area contributed by atoms with Crippen molar-refractivity contribution in [2.24, 2.45) is 0 Å². The summed E-state index contributed by atoms with van der Waals surface area (Å²) in [5.41, 5.74) is 4.40. The molecule has 0 saturated carbocycles. The van der Waals surface area contributed by atoms with Gasteiger partial charge in [-0.25, -0.2) is 8.42 Å². The molecule has 1 atom stereocenters. The number of sulfonamides is 1. The topological polar surface area (TPSA) is 86.8 Å². The van der Waals surface area contributed by atoms with Gasteiger partial charge in [0.15, 0.2) is 0 Å². The number of aryl methyl sites for hydroxylation is 2. The Morgan fingerprint density at radius 1 is 0.830 bits per heavy atom. The van der Waals surface area contributed by atoms with E-state index in [4.69, 9.17) is 23.2 Å². The molecule has 0 aliphatic heterocycles. The van der Waals surface area contributed by atoms with Crippen molar-refractivity contribution in [1.29, 1.82) is 0 Å². The first kappa shape index (κ1) is 36.0. The molecule has 0 saturated heterocycles. The van der Waals surface area contributed by atoms with E-state index in [1.807, 2.05) is 64.1 Å². The van der Waals surface area contributed by atoms with Gasteiger partial charge in [-0.15, -0.1) is 0 Å². The molecule has 0 radical (unpaired) electrons. The Balaban J connectivity index is 1.83. The number of carbonyl (C=O) groups excluding carboxylic acids is 2. The van der Waals surface area contributed by atoms with E-state index in [2.05, 4.69) is 5.32 Å². The van der Waals surface area contributed by atoms with Crippen LogP contribution in [0.1, 0.15) is 47.6 Å². The van der Waals surface area contributed by atoms with Crippen molar-refractivity contribution in [3.8, 4) is 0 Å². The molecule has 248 valence electrons. The summed E-state index contributed by atoms with van der Waals surface area (Å²) in [6.07, 6.45) is 1.89. The van der Waals surface area contributed by atoms with Crippen LogP contribution in [-0.2, 0) is 32.6 Å². The van der Waals surface area contributed by atoms with Crippen molar-refractivity contribution in [2.45, 2.75) is 64.4 Å². The van der Waals surface area contributed by atoms with Crippen molar-refractivity contribution in [2.75, 3.05) is 17.4 Å². The van der Waals surface area contributed by atoms with Crippen LogP contribution in [0.3, 0.4) is 0 Å². The number of hydrogen-bond acceptors (Lipinski definition) is 4. The van der Waals surface area contributed by atoms with Gasteiger partial charge in [0.25, 0.3) is 10.0 Å². The van der Waals surface area contributed by atoms with Gasteiger partial charge in [-0.05, 0) is 79.8 Å². The maximum atomic E-state index is 14.7. The van der Waals surface area contributed by atoms with Crippen LogP contribution in [0, 0.1) is 20.8 Å². The number of unbranched alkanes of at least 4 members (excludes halogenated alkanes) is 1. The Labute approximate surface area is 288 Å². The minimum atomic E-state index is -4.20. The number of carbonyl (C=O) groups is 2. The van der Waals surface area contributed by atoms with Crippen molar-refractivity contribution >= 4 is 50.7 Å². The van der Waals surface area contributed by atoms with Crippen LogP contribution >= 0.6 is 23.2 Å². The third kappa shape index (κ3) is 9.15. The minimum Gasteiger partial charge on any atom is -0.354 e. The quantitative estimate of drug-likeness (QED) is 0.137. The van der Waals surface area contributed by atoms with Crippen molar-refractivity contribution < 1.29 is 18.0 Å². The summed E-state index contributed by atoms with van der Waals surface area (Å²) >= 11 is 12.6. The lowest BCUT2D eigenvalue weighted by atomic mass is 10.0. The van der Waals surface area contributed by atoms with Gasteiger partial charge in [0.2, 0.25) is 11.8 Å². The summed E-state index contributed by atoms with van der Waals surface area (Å²) in [4.78, 5) is 30.1. The molecule has 0 heterocycles. The van der Waals surface area contributed by atoms with Crippen LogP contribution in [0.4, 0.5) is 5.69 Å². The standard InChI is InChI=1S/C37H41Cl2N3O4S/c1-5-6-21-40-37(44)35(23-29-12-8-7-9-13-29)41(24-30-17-20-32(38)33(39)22-30)36(43)25-42(34-14-10-11-27(3)28(34)4)47(45,46)31-18-15-26(2)16-19-31/h7-20,22,35H,5-6,21,23-25H2,1-4H3,(H,40,44)/t35-/m1/s1. The maximum Gasteiger partial charge on any atom is 0.264 e. The third-order valence-corrected chi connectivity index (χ3v) is 10.7. The lowest BCUT2D eigenvalue weighted by molar-refractivity contribution is -0.140. The fourth-order valence-electron chi connectivity index (χ4n) is 5.25. The van der Waals surface area contributed by atoms with Gasteiger partial charge in [0.1, 0.15) is 12.6 Å². The van der Waals surface area contributed by atoms with Gasteiger partial charge < -0.3 is 10.2 Å². The van der Waals surface area contributed by atoms with Gasteiger partial charge in [-0.3, -0.25) is 13.9 Å². The zero-order valence-electron chi connectivity index (χ0n) is 27.2. The second kappa shape index (κ2) is 16.3. The molecule has 47 heavy (non-hydrogen) atoms. The first-order valence-electron chi connectivity index (χ1n) is 15.6. The van der Waals surface area contributed by atoms with Gasteiger partial charge in [-0.2, -0.15) is 0 Å². The van der Waals surface area contributed by atoms with Crippen LogP contribution in [0.25, 0.3) is 0 Å². The Hall–Kier alpha value is -3.85. The highest BCUT2D eigenvalue weighted by Gasteiger charge is 2.35. The molecular weight excluding hydrogens is 653 g/mol. The maximum absolute atomic E-state index is 14.7. The normalized spacial score (nSPS) is 12.0. The fraction of sp³-hybridized carbons (Fsp3) is 0.297. The van der Waals surface area contributed by atoms with Gasteiger partial charge in [-0.1, -0.05) is 103 Å². The third-order valence-electron chi connectivity index (χ3n) is 8.17. The van der Waals surface area contributed by atoms with Crippen LogP contribution in [-0.4, -0.2) is 44.3 Å². The van der Waals surface area contributed by atoms with E-state index in [-0.39, 0.29) is 23.8 Å². The molecule has 0 spiro atoms. The van der Waals surface area contributed by atoms with Gasteiger partial charge >= 0.3 is 0 Å². The zero-order valence-corrected chi connectivity index (χ0v) is 29.5. The monoisotopic (exact) mass is 693 g/mol. The number of benzene rings is 4. The van der Waals surface area contributed by atoms with Crippen LogP contribution in [0.5, 0.6) is 0 Å². The van der Waals surface area contributed by atoms with Crippen molar-refractivity contribution in [3.05, 3.63) is 129 Å². The molecule has 0 aromatic heterocycles. The lowest BCUT2D eigenvalue weighted by Gasteiger charge is -2.34. The molecule has 4 rings (SSSR count). The number of hydrogen-bond donors (Lipinski definition) is 1. The van der Waals surface area contributed by atoms with E-state index < -0.39 is 28.5 Å². The Morgan fingerprint density at radius 3 is 2.19 bits per heavy atom. The highest BCUT2D eigenvalue weighted by Crippen LogP contribution is 2.30. The molecule has 2 amide bonds. The summed E-state index contributed by atoms with van der Waals surface area (Å²) in [7, 11) is -4.20. The lowest BCUT2D eigenvalue weighted by Crippen LogP contribution is -2.53. The van der Waals surface area contributed by atoms with Gasteiger partial charge in [0, 0.05) is 19.5 Å². The molecule has 4 aromatic rings. The fourth-order valence-corrected chi connectivity index (χ4v) is 7.04. The Morgan fingerprint density at radius 2 is 1.53 bits per heavy atom. The highest BCUT2D eigenvalue weighted by molar-refractivity contribution is 7.92. The molecule has 10 heteroatoms. The molecule has 1 N–H and O–H groups in total. The van der Waals surface area contributed by atoms with E-state index in [9.17, 15) is 18.0 Å². The number of nitrogens with zero attached hydrogens (tertiary/aromatic N) is 2. The summed E-state index contributed by atoms with van der Waals surface area (Å²) in [6, 6.07) is 25.4. The van der Waals surface area contributed by atoms with E-state index >= 15 is 0 Å². The van der Waals surface area contributed by atoms with Crippen LogP contribution in [0.2, 0.25) is 10.0 Å². The first-order chi connectivity index (χ1) is 22.4. The number of amides is 2. The predicted molar refractivity (Wildman–Crippen MR) is 190 cm³/mol. The smallest absolute Gasteiger partial charge is 0.264 e. The summed E-state index contributed by atoms with van der Waals surface area (Å²) in [5.74, 6) is -0.866. The molecule has 0 bridgehead atoms. The number of rotatable bonds is 14. The molecule has 0 unspecified atom stereocenters. The van der Waals surface area contributed by atoms with Crippen LogP contribution in [0.15, 0.2) is 95.9 Å². The number of halogens is 2. The SMILES string of the molecule is CCCCNC(=O)[C@@H](Cc1ccccc1)N(Cc1ccc(Cl)c(Cl)c1)C(=O)CN(c1cccc(C)c1C)S(=O)(=O)c1ccc(C)cc1. The zero-order chi connectivity index (χ0) is 34.1. The number of anilines is 1. The molecule has 0 fully saturated rings. The van der Waals surface area contributed by atoms with Crippen molar-refractivity contribution in [3.63, 3.8) is 0 Å². The predicted octanol–water partition coefficient (Wildman–Crippen LogP) is 7.67. The molecular formula is C37H41Cl2N3O4S. The highest BCUT2D eigenvalue weighted by atomic mass is 35.5. The molecule has 7 nitrogen and oxygen atoms in total. The van der Waals surface area contributed by atoms with Crippen molar-refractivity contribution in [1.82, 2.24) is 10.2 Å². The van der Waals surface area contributed by atoms with E-state index in [0.29, 0.717) is 27.8 Å². The summed E-state index contributed by atoms with van der Waals surface area (Å²) < 4.78 is 29.8. The number of nitrogens with one attached hydrogen (secondary N) is 1. The summed E-state index contributed by atoms with van der Waals surface area (Å²) in [6.45, 7) is 7.55. The average molecular weight is 695 g/mol. The molecule has 0 aliphatic rings.